The quantitative estimate of drug-likeness (QED) is 0.392. The van der Waals surface area contributed by atoms with E-state index in [4.69, 9.17) is 4.74 Å². The van der Waals surface area contributed by atoms with Crippen LogP contribution in [0.2, 0.25) is 0 Å². The Morgan fingerprint density at radius 2 is 1.90 bits per heavy atom. The van der Waals surface area contributed by atoms with E-state index in [2.05, 4.69) is 40.1 Å². The van der Waals surface area contributed by atoms with Crippen molar-refractivity contribution >= 4 is 39.8 Å². The van der Waals surface area contributed by atoms with Crippen molar-refractivity contribution in [3.05, 3.63) is 65.2 Å². The molecule has 1 saturated carbocycles. The molecule has 1 aromatic heterocycles. The van der Waals surface area contributed by atoms with Crippen LogP contribution in [-0.4, -0.2) is 69.9 Å². The van der Waals surface area contributed by atoms with Gasteiger partial charge in [-0.05, 0) is 60.2 Å². The number of methoxy groups -OCH3 is 1. The largest absolute Gasteiger partial charge is 0.497 e. The standard InChI is InChI=1S/C33H40N4O4S/c1-21(34-42(40)35(2)3)24-10-12-29-30(16-24)37-19-26(33(39)36-17-22(18-36)20-38)14-25-15-27(41-4)11-13-28(25)32(37)31(29)23-8-6-5-7-9-23/h10-16,22-23,34,38H,1,5-9,17-20H2,2-4H3. The lowest BCUT2D eigenvalue weighted by Gasteiger charge is -2.38. The molecule has 2 aliphatic heterocycles. The number of rotatable bonds is 8. The number of fused-ring (bicyclic) bond motifs is 5. The molecule has 0 bridgehead atoms. The van der Waals surface area contributed by atoms with Crippen LogP contribution >= 0.6 is 0 Å². The van der Waals surface area contributed by atoms with Gasteiger partial charge in [-0.25, -0.2) is 8.51 Å². The molecule has 0 spiro atoms. The number of hydrogen-bond donors (Lipinski definition) is 2. The van der Waals surface area contributed by atoms with Crippen LogP contribution in [0.5, 0.6) is 5.75 Å². The Morgan fingerprint density at radius 3 is 2.60 bits per heavy atom. The minimum absolute atomic E-state index is 0.00555. The number of carbonyl (C=O) groups is 1. The second-order valence-electron chi connectivity index (χ2n) is 11.9. The Hall–Kier alpha value is -3.40. The van der Waals surface area contributed by atoms with Crippen LogP contribution in [0, 0.1) is 5.92 Å². The molecule has 9 heteroatoms. The summed E-state index contributed by atoms with van der Waals surface area (Å²) in [7, 11) is 5.17. The van der Waals surface area contributed by atoms with Gasteiger partial charge in [0.2, 0.25) is 0 Å². The first-order valence-corrected chi connectivity index (χ1v) is 15.9. The maximum absolute atomic E-state index is 13.8. The summed E-state index contributed by atoms with van der Waals surface area (Å²) in [4.78, 5) is 15.7. The van der Waals surface area contributed by atoms with Crippen LogP contribution in [0.4, 0.5) is 0 Å². The second kappa shape index (κ2) is 11.7. The summed E-state index contributed by atoms with van der Waals surface area (Å²) in [5.74, 6) is 1.33. The Balaban J connectivity index is 1.54. The number of likely N-dealkylation sites (tertiary alicyclic amines) is 1. The zero-order valence-corrected chi connectivity index (χ0v) is 25.5. The van der Waals surface area contributed by atoms with E-state index in [9.17, 15) is 14.1 Å². The summed E-state index contributed by atoms with van der Waals surface area (Å²) in [6.45, 7) is 5.86. The molecule has 3 aliphatic rings. The topological polar surface area (TPSA) is 87.0 Å². The average Bonchev–Trinajstić information content (AvgIpc) is 3.18. The van der Waals surface area contributed by atoms with Crippen molar-refractivity contribution in [2.24, 2.45) is 5.92 Å². The Kier molecular flexibility index (Phi) is 8.00. The number of amides is 1. The number of carbonyl (C=O) groups excluding carboxylic acids is 1. The monoisotopic (exact) mass is 588 g/mol. The fourth-order valence-electron chi connectivity index (χ4n) is 6.67. The van der Waals surface area contributed by atoms with Gasteiger partial charge in [-0.2, -0.15) is 0 Å². The predicted molar refractivity (Wildman–Crippen MR) is 169 cm³/mol. The SMILES string of the molecule is C=C(NS(=O)N(C)C)c1ccc2c(C3CCCCC3)c3n(c2c1)CC(C(=O)N1CC(CO)C1)=Cc1cc(OC)ccc1-3. The van der Waals surface area contributed by atoms with Crippen molar-refractivity contribution in [1.82, 2.24) is 18.5 Å². The molecule has 3 aromatic rings. The number of aromatic nitrogens is 1. The highest BCUT2D eigenvalue weighted by Crippen LogP contribution is 2.47. The summed E-state index contributed by atoms with van der Waals surface area (Å²) >= 11 is -1.40. The van der Waals surface area contributed by atoms with E-state index in [-0.39, 0.29) is 18.4 Å². The number of ether oxygens (including phenoxy) is 1. The van der Waals surface area contributed by atoms with Gasteiger partial charge in [-0.15, -0.1) is 0 Å². The van der Waals surface area contributed by atoms with E-state index < -0.39 is 11.2 Å². The first-order valence-electron chi connectivity index (χ1n) is 14.8. The van der Waals surface area contributed by atoms with Crippen molar-refractivity contribution < 1.29 is 18.8 Å². The van der Waals surface area contributed by atoms with Gasteiger partial charge >= 0.3 is 0 Å². The van der Waals surface area contributed by atoms with Crippen molar-refractivity contribution in [2.75, 3.05) is 40.9 Å². The van der Waals surface area contributed by atoms with Crippen molar-refractivity contribution in [2.45, 2.75) is 44.6 Å². The second-order valence-corrected chi connectivity index (χ2v) is 13.4. The molecule has 1 aliphatic carbocycles. The van der Waals surface area contributed by atoms with Crippen LogP contribution in [0.1, 0.15) is 54.7 Å². The Morgan fingerprint density at radius 1 is 1.14 bits per heavy atom. The summed E-state index contributed by atoms with van der Waals surface area (Å²) in [5, 5.41) is 10.8. The van der Waals surface area contributed by atoms with Crippen LogP contribution < -0.4 is 9.46 Å². The molecule has 42 heavy (non-hydrogen) atoms. The molecule has 2 N–H and O–H groups in total. The van der Waals surface area contributed by atoms with Crippen LogP contribution in [-0.2, 0) is 22.5 Å². The highest BCUT2D eigenvalue weighted by atomic mass is 32.2. The smallest absolute Gasteiger partial charge is 0.251 e. The van der Waals surface area contributed by atoms with Gasteiger partial charge in [0.25, 0.3) is 5.91 Å². The Labute approximate surface area is 250 Å². The first kappa shape index (κ1) is 28.7. The molecule has 0 radical (unpaired) electrons. The first-order chi connectivity index (χ1) is 20.3. The van der Waals surface area contributed by atoms with Gasteiger partial charge in [0.05, 0.1) is 19.3 Å². The van der Waals surface area contributed by atoms with Gasteiger partial charge < -0.3 is 19.3 Å². The lowest BCUT2D eigenvalue weighted by Crippen LogP contribution is -2.52. The summed E-state index contributed by atoms with van der Waals surface area (Å²) in [5.41, 5.74) is 7.78. The number of nitrogens with zero attached hydrogens (tertiary/aromatic N) is 3. The van der Waals surface area contributed by atoms with E-state index in [0.717, 1.165) is 46.5 Å². The summed E-state index contributed by atoms with van der Waals surface area (Å²) < 4.78 is 25.0. The van der Waals surface area contributed by atoms with E-state index >= 15 is 0 Å². The van der Waals surface area contributed by atoms with Gasteiger partial charge in [0.15, 0.2) is 11.2 Å². The molecular weight excluding hydrogens is 548 g/mol. The molecule has 6 rings (SSSR count). The van der Waals surface area contributed by atoms with Crippen LogP contribution in [0.15, 0.2) is 48.6 Å². The van der Waals surface area contributed by atoms with Crippen LogP contribution in [0.25, 0.3) is 33.9 Å². The number of aliphatic hydroxyl groups excluding tert-OH is 1. The van der Waals surface area contributed by atoms with E-state index in [1.165, 1.54) is 30.2 Å². The molecule has 1 unspecified atom stereocenters. The van der Waals surface area contributed by atoms with Gasteiger partial charge in [-0.3, -0.25) is 9.52 Å². The highest BCUT2D eigenvalue weighted by molar-refractivity contribution is 7.80. The van der Waals surface area contributed by atoms with Crippen molar-refractivity contribution in [3.63, 3.8) is 0 Å². The van der Waals surface area contributed by atoms with Gasteiger partial charge in [0.1, 0.15) is 5.75 Å². The lowest BCUT2D eigenvalue weighted by molar-refractivity contribution is -0.134. The molecule has 1 amide bonds. The Bertz CT molecular complexity index is 1600. The number of benzene rings is 2. The number of hydrogen-bond acceptors (Lipinski definition) is 4. The van der Waals surface area contributed by atoms with E-state index in [1.54, 1.807) is 25.5 Å². The average molecular weight is 589 g/mol. The number of aliphatic hydroxyl groups is 1. The zero-order valence-electron chi connectivity index (χ0n) is 24.7. The molecule has 2 fully saturated rings. The normalized spacial score (nSPS) is 18.1. The molecule has 8 nitrogen and oxygen atoms in total. The lowest BCUT2D eigenvalue weighted by atomic mass is 9.81. The van der Waals surface area contributed by atoms with Crippen molar-refractivity contribution in [3.8, 4) is 17.0 Å². The summed E-state index contributed by atoms with van der Waals surface area (Å²) in [6.07, 6.45) is 8.01. The fraction of sp³-hybridized carbons (Fsp3) is 0.424. The fourth-order valence-corrected chi connectivity index (χ4v) is 7.18. The number of nitrogens with one attached hydrogen (secondary N) is 1. The third kappa shape index (κ3) is 5.18. The molecular formula is C33H40N4O4S. The maximum Gasteiger partial charge on any atom is 0.251 e. The van der Waals surface area contributed by atoms with Gasteiger partial charge in [0, 0.05) is 73.0 Å². The van der Waals surface area contributed by atoms with E-state index in [1.807, 2.05) is 23.1 Å². The predicted octanol–water partition coefficient (Wildman–Crippen LogP) is 4.91. The minimum Gasteiger partial charge on any atom is -0.497 e. The van der Waals surface area contributed by atoms with E-state index in [0.29, 0.717) is 36.8 Å². The molecule has 2 aromatic carbocycles. The molecule has 1 atom stereocenters. The zero-order chi connectivity index (χ0) is 29.5. The minimum atomic E-state index is -1.40. The third-order valence-electron chi connectivity index (χ3n) is 8.96. The molecule has 3 heterocycles. The molecule has 222 valence electrons. The third-order valence-corrected chi connectivity index (χ3v) is 10.0. The molecule has 1 saturated heterocycles. The van der Waals surface area contributed by atoms with Crippen LogP contribution in [0.3, 0.4) is 0 Å². The maximum atomic E-state index is 13.8. The summed E-state index contributed by atoms with van der Waals surface area (Å²) in [6, 6.07) is 12.5. The highest BCUT2D eigenvalue weighted by Gasteiger charge is 2.35. The van der Waals surface area contributed by atoms with Crippen molar-refractivity contribution in [1.29, 1.82) is 0 Å². The van der Waals surface area contributed by atoms with Gasteiger partial charge in [-0.1, -0.05) is 38.0 Å².